The van der Waals surface area contributed by atoms with E-state index in [1.165, 1.54) is 0 Å². The van der Waals surface area contributed by atoms with Gasteiger partial charge in [0.1, 0.15) is 17.4 Å². The summed E-state index contributed by atoms with van der Waals surface area (Å²) in [6, 6.07) is 5.16. The van der Waals surface area contributed by atoms with Crippen molar-refractivity contribution in [2.75, 3.05) is 6.54 Å². The number of benzene rings is 1. The molecule has 0 aliphatic rings. The van der Waals surface area contributed by atoms with E-state index >= 15 is 0 Å². The van der Waals surface area contributed by atoms with Gasteiger partial charge in [0.15, 0.2) is 0 Å². The van der Waals surface area contributed by atoms with Gasteiger partial charge in [0.2, 0.25) is 0 Å². The summed E-state index contributed by atoms with van der Waals surface area (Å²) in [5, 5.41) is 7.54. The Hall–Kier alpha value is -0.810. The van der Waals surface area contributed by atoms with Gasteiger partial charge in [0.25, 0.3) is 0 Å². The third-order valence-electron chi connectivity index (χ3n) is 2.57. The Balaban J connectivity index is 1.89. The second kappa shape index (κ2) is 7.84. The topological polar surface area (TPSA) is 34.2 Å². The molecule has 0 amide bonds. The normalized spacial score (nSPS) is 10.8. The molecule has 0 bridgehead atoms. The number of hydrogen-bond acceptors (Lipinski definition) is 4. The highest BCUT2D eigenvalue weighted by molar-refractivity contribution is 7.09. The molecule has 1 N–H and O–H groups in total. The molecule has 3 nitrogen and oxygen atoms in total. The number of hydrogen-bond donors (Lipinski definition) is 1. The molecule has 2 rings (SSSR count). The van der Waals surface area contributed by atoms with E-state index in [1.807, 2.05) is 5.38 Å². The van der Waals surface area contributed by atoms with Crippen molar-refractivity contribution < 1.29 is 4.74 Å². The monoisotopic (exact) mass is 330 g/mol. The molecule has 0 fully saturated rings. The van der Waals surface area contributed by atoms with Gasteiger partial charge in [0.05, 0.1) is 10.7 Å². The van der Waals surface area contributed by atoms with E-state index < -0.39 is 0 Å². The minimum Gasteiger partial charge on any atom is -0.486 e. The number of nitrogens with zero attached hydrogens (tertiary/aromatic N) is 1. The zero-order chi connectivity index (χ0) is 14.4. The maximum absolute atomic E-state index is 6.04. The van der Waals surface area contributed by atoms with Gasteiger partial charge in [-0.05, 0) is 25.1 Å². The maximum Gasteiger partial charge on any atom is 0.139 e. The first-order valence-electron chi connectivity index (χ1n) is 6.41. The first kappa shape index (κ1) is 15.6. The molecular weight excluding hydrogens is 315 g/mol. The van der Waals surface area contributed by atoms with Gasteiger partial charge >= 0.3 is 0 Å². The second-order valence-electron chi connectivity index (χ2n) is 4.27. The Morgan fingerprint density at radius 3 is 3.00 bits per heavy atom. The number of rotatable bonds is 7. The van der Waals surface area contributed by atoms with E-state index in [2.05, 4.69) is 17.2 Å². The predicted molar refractivity (Wildman–Crippen MR) is 84.9 cm³/mol. The minimum absolute atomic E-state index is 0.393. The highest BCUT2D eigenvalue weighted by Crippen LogP contribution is 2.28. The van der Waals surface area contributed by atoms with Gasteiger partial charge in [-0.25, -0.2) is 4.98 Å². The lowest BCUT2D eigenvalue weighted by atomic mass is 10.3. The summed E-state index contributed by atoms with van der Waals surface area (Å²) >= 11 is 13.6. The van der Waals surface area contributed by atoms with Crippen molar-refractivity contribution in [3.8, 4) is 5.75 Å². The Labute approximate surface area is 132 Å². The van der Waals surface area contributed by atoms with Crippen molar-refractivity contribution in [1.82, 2.24) is 10.3 Å². The van der Waals surface area contributed by atoms with Crippen LogP contribution < -0.4 is 10.1 Å². The first-order valence-corrected chi connectivity index (χ1v) is 8.04. The third kappa shape index (κ3) is 4.63. The molecule has 0 radical (unpaired) electrons. The van der Waals surface area contributed by atoms with Crippen LogP contribution in [0.2, 0.25) is 10.0 Å². The lowest BCUT2D eigenvalue weighted by molar-refractivity contribution is 0.302. The fourth-order valence-corrected chi connectivity index (χ4v) is 2.69. The molecule has 0 atom stereocenters. The molecule has 1 heterocycles. The van der Waals surface area contributed by atoms with Crippen molar-refractivity contribution in [1.29, 1.82) is 0 Å². The molecule has 1 aromatic heterocycles. The quantitative estimate of drug-likeness (QED) is 0.757. The van der Waals surface area contributed by atoms with Crippen LogP contribution in [-0.2, 0) is 13.2 Å². The largest absolute Gasteiger partial charge is 0.486 e. The van der Waals surface area contributed by atoms with Crippen molar-refractivity contribution in [2.24, 2.45) is 0 Å². The summed E-state index contributed by atoms with van der Waals surface area (Å²) in [6.07, 6.45) is 1.12. The van der Waals surface area contributed by atoms with Crippen molar-refractivity contribution in [3.63, 3.8) is 0 Å². The second-order valence-corrected chi connectivity index (χ2v) is 6.06. The first-order chi connectivity index (χ1) is 9.69. The van der Waals surface area contributed by atoms with Crippen molar-refractivity contribution >= 4 is 34.5 Å². The molecule has 0 unspecified atom stereocenters. The van der Waals surface area contributed by atoms with Gasteiger partial charge in [-0.1, -0.05) is 30.1 Å². The van der Waals surface area contributed by atoms with Gasteiger partial charge < -0.3 is 10.1 Å². The highest BCUT2D eigenvalue weighted by Gasteiger charge is 2.06. The molecule has 108 valence electrons. The smallest absolute Gasteiger partial charge is 0.139 e. The minimum atomic E-state index is 0.393. The molecule has 2 aromatic rings. The maximum atomic E-state index is 6.04. The summed E-state index contributed by atoms with van der Waals surface area (Å²) in [4.78, 5) is 4.50. The Bertz CT molecular complexity index is 560. The van der Waals surface area contributed by atoms with Crippen LogP contribution in [0.15, 0.2) is 23.6 Å². The summed E-state index contributed by atoms with van der Waals surface area (Å²) in [5.74, 6) is 0.581. The van der Waals surface area contributed by atoms with Gasteiger partial charge in [-0.2, -0.15) is 0 Å². The average Bonchev–Trinajstić information content (AvgIpc) is 2.88. The van der Waals surface area contributed by atoms with Crippen LogP contribution >= 0.6 is 34.5 Å². The van der Waals surface area contributed by atoms with Crippen LogP contribution in [0.25, 0.3) is 0 Å². The number of ether oxygens (including phenoxy) is 1. The zero-order valence-electron chi connectivity index (χ0n) is 11.2. The molecule has 1 aromatic carbocycles. The van der Waals surface area contributed by atoms with Crippen LogP contribution in [-0.4, -0.2) is 11.5 Å². The van der Waals surface area contributed by atoms with Crippen LogP contribution in [0.3, 0.4) is 0 Å². The van der Waals surface area contributed by atoms with Crippen molar-refractivity contribution in [2.45, 2.75) is 26.5 Å². The molecule has 0 saturated carbocycles. The highest BCUT2D eigenvalue weighted by atomic mass is 35.5. The van der Waals surface area contributed by atoms with Gasteiger partial charge in [-0.15, -0.1) is 11.3 Å². The summed E-state index contributed by atoms with van der Waals surface area (Å²) in [6.45, 7) is 4.34. The van der Waals surface area contributed by atoms with Gasteiger partial charge in [0, 0.05) is 23.0 Å². The predicted octanol–water partition coefficient (Wildman–Crippen LogP) is 4.53. The summed E-state index contributed by atoms with van der Waals surface area (Å²) < 4.78 is 5.65. The fourth-order valence-electron chi connectivity index (χ4n) is 1.61. The average molecular weight is 331 g/mol. The molecule has 6 heteroatoms. The molecule has 0 spiro atoms. The van der Waals surface area contributed by atoms with Crippen LogP contribution in [0.5, 0.6) is 5.75 Å². The molecule has 20 heavy (non-hydrogen) atoms. The number of thiazole rings is 1. The SMILES string of the molecule is CCCNCc1nc(COc2cc(Cl)ccc2Cl)cs1. The van der Waals surface area contributed by atoms with E-state index in [4.69, 9.17) is 27.9 Å². The lowest BCUT2D eigenvalue weighted by Gasteiger charge is -2.06. The zero-order valence-corrected chi connectivity index (χ0v) is 13.5. The van der Waals surface area contributed by atoms with Crippen LogP contribution in [0, 0.1) is 0 Å². The summed E-state index contributed by atoms with van der Waals surface area (Å²) in [7, 11) is 0. The van der Waals surface area contributed by atoms with E-state index in [-0.39, 0.29) is 0 Å². The van der Waals surface area contributed by atoms with Crippen LogP contribution in [0.4, 0.5) is 0 Å². The van der Waals surface area contributed by atoms with Crippen molar-refractivity contribution in [3.05, 3.63) is 44.3 Å². The lowest BCUT2D eigenvalue weighted by Crippen LogP contribution is -2.13. The fraction of sp³-hybridized carbons (Fsp3) is 0.357. The standard InChI is InChI=1S/C14H16Cl2N2OS/c1-2-5-17-7-14-18-11(9-20-14)8-19-13-6-10(15)3-4-12(13)16/h3-4,6,9,17H,2,5,7-8H2,1H3. The number of nitrogens with one attached hydrogen (secondary N) is 1. The Morgan fingerprint density at radius 1 is 1.35 bits per heavy atom. The number of aromatic nitrogens is 1. The molecule has 0 aliphatic carbocycles. The third-order valence-corrected chi connectivity index (χ3v) is 4.02. The van der Waals surface area contributed by atoms with E-state index in [9.17, 15) is 0 Å². The Kier molecular flexibility index (Phi) is 6.10. The van der Waals surface area contributed by atoms with E-state index in [1.54, 1.807) is 29.5 Å². The van der Waals surface area contributed by atoms with E-state index in [0.29, 0.717) is 22.4 Å². The van der Waals surface area contributed by atoms with E-state index in [0.717, 1.165) is 30.2 Å². The summed E-state index contributed by atoms with van der Waals surface area (Å²) in [5.41, 5.74) is 0.902. The molecule has 0 aliphatic heterocycles. The van der Waals surface area contributed by atoms with Gasteiger partial charge in [-0.3, -0.25) is 0 Å². The molecule has 0 saturated heterocycles. The van der Waals surface area contributed by atoms with Crippen LogP contribution in [0.1, 0.15) is 24.0 Å². The molecular formula is C14H16Cl2N2OS. The number of halogens is 2. The Morgan fingerprint density at radius 2 is 2.20 bits per heavy atom.